The fourth-order valence-electron chi connectivity index (χ4n) is 2.06. The first-order chi connectivity index (χ1) is 11.2. The van der Waals surface area contributed by atoms with Gasteiger partial charge in [0.25, 0.3) is 0 Å². The molecule has 124 valence electrons. The average Bonchev–Trinajstić information content (AvgIpc) is 2.54. The van der Waals surface area contributed by atoms with Gasteiger partial charge in [0.2, 0.25) is 5.95 Å². The fraction of sp³-hybridized carbons (Fsp3) is 0.412. The second kappa shape index (κ2) is 8.95. The zero-order valence-corrected chi connectivity index (χ0v) is 14.0. The summed E-state index contributed by atoms with van der Waals surface area (Å²) in [4.78, 5) is 10.9. The van der Waals surface area contributed by atoms with Gasteiger partial charge in [0.1, 0.15) is 11.6 Å². The first-order valence-corrected chi connectivity index (χ1v) is 7.89. The molecule has 0 saturated heterocycles. The predicted octanol–water partition coefficient (Wildman–Crippen LogP) is 2.98. The van der Waals surface area contributed by atoms with E-state index in [1.165, 1.54) is 0 Å². The van der Waals surface area contributed by atoms with Crippen LogP contribution in [-0.2, 0) is 0 Å². The Morgan fingerprint density at radius 2 is 1.91 bits per heavy atom. The van der Waals surface area contributed by atoms with Crippen LogP contribution in [0.4, 0.5) is 17.5 Å². The van der Waals surface area contributed by atoms with Gasteiger partial charge in [-0.05, 0) is 64.3 Å². The molecule has 2 rings (SSSR count). The molecule has 6 nitrogen and oxygen atoms in total. The highest BCUT2D eigenvalue weighted by Gasteiger charge is 2.01. The maximum Gasteiger partial charge on any atom is 0.229 e. The highest BCUT2D eigenvalue weighted by Crippen LogP contribution is 2.18. The van der Waals surface area contributed by atoms with Crippen LogP contribution in [0.25, 0.3) is 0 Å². The van der Waals surface area contributed by atoms with Crippen LogP contribution >= 0.6 is 0 Å². The van der Waals surface area contributed by atoms with Crippen molar-refractivity contribution in [1.82, 2.24) is 14.9 Å². The van der Waals surface area contributed by atoms with E-state index in [-0.39, 0.29) is 0 Å². The number of hydrogen-bond donors (Lipinski definition) is 2. The molecule has 0 saturated carbocycles. The summed E-state index contributed by atoms with van der Waals surface area (Å²) in [6.45, 7) is 4.57. The lowest BCUT2D eigenvalue weighted by Crippen LogP contribution is -2.16. The maximum absolute atomic E-state index is 5.43. The summed E-state index contributed by atoms with van der Waals surface area (Å²) >= 11 is 0. The molecule has 0 aliphatic heterocycles. The minimum atomic E-state index is 0.576. The number of benzene rings is 1. The topological polar surface area (TPSA) is 62.3 Å². The number of nitrogens with zero attached hydrogens (tertiary/aromatic N) is 3. The Kier molecular flexibility index (Phi) is 6.62. The average molecular weight is 315 g/mol. The Balaban J connectivity index is 1.89. The smallest absolute Gasteiger partial charge is 0.229 e. The zero-order chi connectivity index (χ0) is 16.5. The van der Waals surface area contributed by atoms with Gasteiger partial charge < -0.3 is 20.3 Å². The Hall–Kier alpha value is -2.34. The maximum atomic E-state index is 5.43. The van der Waals surface area contributed by atoms with Crippen LogP contribution in [0, 0.1) is 0 Å². The highest BCUT2D eigenvalue weighted by molar-refractivity contribution is 5.55. The lowest BCUT2D eigenvalue weighted by atomic mass is 10.3. The van der Waals surface area contributed by atoms with Gasteiger partial charge in [-0.15, -0.1) is 0 Å². The van der Waals surface area contributed by atoms with E-state index < -0.39 is 0 Å². The number of rotatable bonds is 9. The molecule has 2 N–H and O–H groups in total. The third-order valence-electron chi connectivity index (χ3n) is 3.17. The van der Waals surface area contributed by atoms with Crippen LogP contribution in [-0.4, -0.2) is 48.7 Å². The third kappa shape index (κ3) is 6.12. The van der Waals surface area contributed by atoms with E-state index in [1.807, 2.05) is 37.3 Å². The molecule has 0 amide bonds. The van der Waals surface area contributed by atoms with Crippen LogP contribution in [0.1, 0.15) is 13.3 Å². The van der Waals surface area contributed by atoms with Gasteiger partial charge in [0.15, 0.2) is 0 Å². The summed E-state index contributed by atoms with van der Waals surface area (Å²) in [6, 6.07) is 9.63. The Bertz CT molecular complexity index is 586. The van der Waals surface area contributed by atoms with Crippen molar-refractivity contribution in [2.75, 3.05) is 44.4 Å². The molecular formula is C17H25N5O. The van der Waals surface area contributed by atoms with Crippen LogP contribution in [0.15, 0.2) is 36.5 Å². The molecule has 1 heterocycles. The summed E-state index contributed by atoms with van der Waals surface area (Å²) < 4.78 is 5.43. The molecule has 0 bridgehead atoms. The molecule has 0 fully saturated rings. The molecule has 6 heteroatoms. The minimum Gasteiger partial charge on any atom is -0.494 e. The number of hydrogen-bond acceptors (Lipinski definition) is 6. The van der Waals surface area contributed by atoms with E-state index in [4.69, 9.17) is 4.74 Å². The van der Waals surface area contributed by atoms with E-state index in [2.05, 4.69) is 39.6 Å². The number of ether oxygens (including phenoxy) is 1. The van der Waals surface area contributed by atoms with Crippen molar-refractivity contribution in [3.8, 4) is 5.75 Å². The highest BCUT2D eigenvalue weighted by atomic mass is 16.5. The minimum absolute atomic E-state index is 0.576. The third-order valence-corrected chi connectivity index (χ3v) is 3.17. The van der Waals surface area contributed by atoms with Gasteiger partial charge in [-0.2, -0.15) is 4.98 Å². The molecule has 0 radical (unpaired) electrons. The van der Waals surface area contributed by atoms with Crippen molar-refractivity contribution in [3.05, 3.63) is 36.5 Å². The van der Waals surface area contributed by atoms with Crippen molar-refractivity contribution < 1.29 is 4.74 Å². The predicted molar refractivity (Wildman–Crippen MR) is 94.6 cm³/mol. The van der Waals surface area contributed by atoms with E-state index in [1.54, 1.807) is 6.20 Å². The summed E-state index contributed by atoms with van der Waals surface area (Å²) in [7, 11) is 4.15. The van der Waals surface area contributed by atoms with Gasteiger partial charge in [0, 0.05) is 18.4 Å². The van der Waals surface area contributed by atoms with E-state index in [0.29, 0.717) is 12.6 Å². The lowest BCUT2D eigenvalue weighted by molar-refractivity contribution is 0.340. The zero-order valence-electron chi connectivity index (χ0n) is 14.0. The van der Waals surface area contributed by atoms with Crippen molar-refractivity contribution in [1.29, 1.82) is 0 Å². The van der Waals surface area contributed by atoms with Gasteiger partial charge >= 0.3 is 0 Å². The van der Waals surface area contributed by atoms with Crippen LogP contribution in [0.2, 0.25) is 0 Å². The van der Waals surface area contributed by atoms with E-state index in [9.17, 15) is 0 Å². The quantitative estimate of drug-likeness (QED) is 0.694. The van der Waals surface area contributed by atoms with Gasteiger partial charge in [-0.1, -0.05) is 0 Å². The molecule has 2 aromatic rings. The van der Waals surface area contributed by atoms with Gasteiger partial charge in [-0.25, -0.2) is 4.98 Å². The lowest BCUT2D eigenvalue weighted by Gasteiger charge is -2.11. The second-order valence-corrected chi connectivity index (χ2v) is 5.43. The van der Waals surface area contributed by atoms with Crippen molar-refractivity contribution in [2.24, 2.45) is 0 Å². The normalized spacial score (nSPS) is 10.6. The monoisotopic (exact) mass is 315 g/mol. The van der Waals surface area contributed by atoms with Gasteiger partial charge in [-0.3, -0.25) is 0 Å². The first kappa shape index (κ1) is 17.0. The molecule has 0 unspecified atom stereocenters. The molecule has 0 spiro atoms. The molecule has 0 aliphatic rings. The fourth-order valence-corrected chi connectivity index (χ4v) is 2.06. The molecule has 23 heavy (non-hydrogen) atoms. The van der Waals surface area contributed by atoms with Crippen LogP contribution in [0.3, 0.4) is 0 Å². The largest absolute Gasteiger partial charge is 0.494 e. The van der Waals surface area contributed by atoms with Crippen LogP contribution < -0.4 is 15.4 Å². The second-order valence-electron chi connectivity index (χ2n) is 5.43. The van der Waals surface area contributed by atoms with E-state index in [0.717, 1.165) is 36.8 Å². The summed E-state index contributed by atoms with van der Waals surface area (Å²) in [5, 5.41) is 6.51. The molecule has 1 aromatic heterocycles. The first-order valence-electron chi connectivity index (χ1n) is 7.89. The number of aromatic nitrogens is 2. The number of anilines is 3. The SMILES string of the molecule is CCOc1ccc(Nc2nccc(NCCCN(C)C)n2)cc1. The Morgan fingerprint density at radius 1 is 1.13 bits per heavy atom. The molecular weight excluding hydrogens is 290 g/mol. The molecule has 0 atom stereocenters. The summed E-state index contributed by atoms with van der Waals surface area (Å²) in [6.07, 6.45) is 2.82. The molecule has 0 aliphatic carbocycles. The molecule has 1 aromatic carbocycles. The van der Waals surface area contributed by atoms with Crippen molar-refractivity contribution in [2.45, 2.75) is 13.3 Å². The van der Waals surface area contributed by atoms with Gasteiger partial charge in [0.05, 0.1) is 6.61 Å². The standard InChI is InChI=1S/C17H25N5O/c1-4-23-15-8-6-14(7-9-15)20-17-19-12-10-16(21-17)18-11-5-13-22(2)3/h6-10,12H,4-5,11,13H2,1-3H3,(H2,18,19,20,21). The van der Waals surface area contributed by atoms with Crippen LogP contribution in [0.5, 0.6) is 5.75 Å². The van der Waals surface area contributed by atoms with Crippen molar-refractivity contribution in [3.63, 3.8) is 0 Å². The number of nitrogens with one attached hydrogen (secondary N) is 2. The summed E-state index contributed by atoms with van der Waals surface area (Å²) in [5.41, 5.74) is 0.929. The van der Waals surface area contributed by atoms with E-state index >= 15 is 0 Å². The Morgan fingerprint density at radius 3 is 2.61 bits per heavy atom. The van der Waals surface area contributed by atoms with Crippen molar-refractivity contribution >= 4 is 17.5 Å². The summed E-state index contributed by atoms with van der Waals surface area (Å²) in [5.74, 6) is 2.26. The Labute approximate surface area is 137 Å².